The molecule has 0 unspecified atom stereocenters. The molecule has 0 spiro atoms. The molecule has 0 bridgehead atoms. The normalized spacial score (nSPS) is 10.9. The summed E-state index contributed by atoms with van der Waals surface area (Å²) in [5, 5.41) is 6.57. The van der Waals surface area contributed by atoms with E-state index in [0.717, 1.165) is 33.7 Å². The number of carbonyl (C=O) groups is 1. The van der Waals surface area contributed by atoms with Gasteiger partial charge in [0.1, 0.15) is 17.2 Å². The third-order valence-corrected chi connectivity index (χ3v) is 4.24. The van der Waals surface area contributed by atoms with Gasteiger partial charge >= 0.3 is 0 Å². The quantitative estimate of drug-likeness (QED) is 0.718. The molecule has 0 saturated carbocycles. The van der Waals surface area contributed by atoms with Crippen molar-refractivity contribution in [1.29, 1.82) is 0 Å². The monoisotopic (exact) mass is 331 g/mol. The van der Waals surface area contributed by atoms with Crippen LogP contribution in [0.4, 0.5) is 0 Å². The number of likely N-dealkylation sites (N-methyl/N-ethyl adjacent to an activating group) is 1. The molecule has 23 heavy (non-hydrogen) atoms. The van der Waals surface area contributed by atoms with E-state index >= 15 is 0 Å². The third kappa shape index (κ3) is 3.68. The fourth-order valence-corrected chi connectivity index (χ4v) is 2.94. The Balaban J connectivity index is 1.62. The molecule has 0 radical (unpaired) electrons. The highest BCUT2D eigenvalue weighted by Crippen LogP contribution is 2.25. The van der Waals surface area contributed by atoms with Crippen LogP contribution in [0.25, 0.3) is 10.8 Å². The highest BCUT2D eigenvalue weighted by molar-refractivity contribution is 7.13. The molecule has 0 aliphatic rings. The highest BCUT2D eigenvalue weighted by Gasteiger charge is 2.15. The number of thiazole rings is 1. The first-order chi connectivity index (χ1) is 11.0. The number of hydrogen-bond acceptors (Lipinski definition) is 6. The molecule has 3 aromatic heterocycles. The van der Waals surface area contributed by atoms with Gasteiger partial charge in [-0.1, -0.05) is 5.16 Å². The Kier molecular flexibility index (Phi) is 4.29. The lowest BCUT2D eigenvalue weighted by atomic mass is 10.3. The third-order valence-electron chi connectivity index (χ3n) is 3.34. The summed E-state index contributed by atoms with van der Waals surface area (Å²) >= 11 is 1.47. The van der Waals surface area contributed by atoms with E-state index in [-0.39, 0.29) is 12.3 Å². The lowest BCUT2D eigenvalue weighted by Gasteiger charge is -2.14. The summed E-state index contributed by atoms with van der Waals surface area (Å²) in [7, 11) is 1.75. The molecular weight excluding hydrogens is 314 g/mol. The minimum absolute atomic E-state index is 0.0156. The lowest BCUT2D eigenvalue weighted by molar-refractivity contribution is -0.129. The standard InChI is InChI=1S/C16H17N3O3S/c1-10-4-5-14(21-10)16-17-13(9-23-16)7-15(20)19(3)8-12-6-11(2)22-18-12/h4-6,9H,7-8H2,1-3H3. The van der Waals surface area contributed by atoms with Gasteiger partial charge in [-0.25, -0.2) is 4.98 Å². The Morgan fingerprint density at radius 2 is 2.09 bits per heavy atom. The first-order valence-corrected chi connectivity index (χ1v) is 8.06. The van der Waals surface area contributed by atoms with Gasteiger partial charge in [-0.15, -0.1) is 11.3 Å². The van der Waals surface area contributed by atoms with Crippen molar-refractivity contribution in [1.82, 2.24) is 15.0 Å². The number of amides is 1. The summed E-state index contributed by atoms with van der Waals surface area (Å²) in [6.45, 7) is 4.14. The Hall–Kier alpha value is -2.41. The van der Waals surface area contributed by atoms with E-state index in [1.165, 1.54) is 11.3 Å². The van der Waals surface area contributed by atoms with Crippen LogP contribution < -0.4 is 0 Å². The van der Waals surface area contributed by atoms with Crippen molar-refractivity contribution in [2.24, 2.45) is 0 Å². The van der Waals surface area contributed by atoms with Crippen molar-refractivity contribution in [3.8, 4) is 10.8 Å². The minimum Gasteiger partial charge on any atom is -0.459 e. The second-order valence-electron chi connectivity index (χ2n) is 5.41. The average Bonchev–Trinajstić information content (AvgIpc) is 3.21. The lowest BCUT2D eigenvalue weighted by Crippen LogP contribution is -2.27. The first kappa shape index (κ1) is 15.5. The molecule has 0 atom stereocenters. The van der Waals surface area contributed by atoms with Crippen molar-refractivity contribution in [3.63, 3.8) is 0 Å². The summed E-state index contributed by atoms with van der Waals surface area (Å²) < 4.78 is 10.6. The van der Waals surface area contributed by atoms with Gasteiger partial charge in [-0.05, 0) is 26.0 Å². The molecule has 0 fully saturated rings. The van der Waals surface area contributed by atoms with Crippen molar-refractivity contribution < 1.29 is 13.7 Å². The highest BCUT2D eigenvalue weighted by atomic mass is 32.1. The smallest absolute Gasteiger partial charge is 0.228 e. The number of furan rings is 1. The molecule has 0 saturated heterocycles. The van der Waals surface area contributed by atoms with Crippen molar-refractivity contribution in [2.75, 3.05) is 7.05 Å². The van der Waals surface area contributed by atoms with Gasteiger partial charge in [0.25, 0.3) is 0 Å². The second-order valence-corrected chi connectivity index (χ2v) is 6.27. The van der Waals surface area contributed by atoms with Gasteiger partial charge < -0.3 is 13.8 Å². The molecule has 3 heterocycles. The fraction of sp³-hybridized carbons (Fsp3) is 0.312. The minimum atomic E-state index is -0.0156. The zero-order valence-corrected chi connectivity index (χ0v) is 14.0. The van der Waals surface area contributed by atoms with Crippen LogP contribution in [0.5, 0.6) is 0 Å². The zero-order valence-electron chi connectivity index (χ0n) is 13.2. The maximum Gasteiger partial charge on any atom is 0.228 e. The van der Waals surface area contributed by atoms with Gasteiger partial charge in [0.15, 0.2) is 10.8 Å². The molecule has 0 N–H and O–H groups in total. The van der Waals surface area contributed by atoms with E-state index in [1.54, 1.807) is 11.9 Å². The Bertz CT molecular complexity index is 818. The second kappa shape index (κ2) is 6.37. The first-order valence-electron chi connectivity index (χ1n) is 7.18. The summed E-state index contributed by atoms with van der Waals surface area (Å²) in [5.41, 5.74) is 1.48. The van der Waals surface area contributed by atoms with E-state index in [9.17, 15) is 4.79 Å². The van der Waals surface area contributed by atoms with E-state index in [0.29, 0.717) is 6.54 Å². The van der Waals surface area contributed by atoms with E-state index < -0.39 is 0 Å². The molecule has 0 aromatic carbocycles. The predicted molar refractivity (Wildman–Crippen MR) is 86.0 cm³/mol. The van der Waals surface area contributed by atoms with Crippen LogP contribution in [0.3, 0.4) is 0 Å². The fourth-order valence-electron chi connectivity index (χ4n) is 2.16. The largest absolute Gasteiger partial charge is 0.459 e. The Morgan fingerprint density at radius 3 is 2.74 bits per heavy atom. The zero-order chi connectivity index (χ0) is 16.4. The van der Waals surface area contributed by atoms with E-state index in [1.807, 2.05) is 37.4 Å². The number of aromatic nitrogens is 2. The number of rotatable bonds is 5. The van der Waals surface area contributed by atoms with Crippen LogP contribution in [-0.2, 0) is 17.8 Å². The van der Waals surface area contributed by atoms with Crippen molar-refractivity contribution in [2.45, 2.75) is 26.8 Å². The molecular formula is C16H17N3O3S. The van der Waals surface area contributed by atoms with Crippen LogP contribution in [0, 0.1) is 13.8 Å². The predicted octanol–water partition coefficient (Wildman–Crippen LogP) is 3.21. The molecule has 120 valence electrons. The maximum absolute atomic E-state index is 12.3. The van der Waals surface area contributed by atoms with Crippen LogP contribution in [0.2, 0.25) is 0 Å². The van der Waals surface area contributed by atoms with Gasteiger partial charge in [0.05, 0.1) is 18.7 Å². The molecule has 7 heteroatoms. The van der Waals surface area contributed by atoms with Crippen LogP contribution >= 0.6 is 11.3 Å². The number of nitrogens with zero attached hydrogens (tertiary/aromatic N) is 3. The van der Waals surface area contributed by atoms with Crippen LogP contribution in [0.1, 0.15) is 22.9 Å². The SMILES string of the molecule is Cc1cc(CN(C)C(=O)Cc2csc(-c3ccc(C)o3)n2)no1. The van der Waals surface area contributed by atoms with E-state index in [4.69, 9.17) is 8.94 Å². The summed E-state index contributed by atoms with van der Waals surface area (Å²) in [6, 6.07) is 5.61. The van der Waals surface area contributed by atoms with Gasteiger partial charge in [0.2, 0.25) is 5.91 Å². The van der Waals surface area contributed by atoms with Gasteiger partial charge in [-0.3, -0.25) is 4.79 Å². The summed E-state index contributed by atoms with van der Waals surface area (Å²) in [4.78, 5) is 18.4. The van der Waals surface area contributed by atoms with Gasteiger partial charge in [0, 0.05) is 18.5 Å². The molecule has 1 amide bonds. The topological polar surface area (TPSA) is 72.4 Å². The van der Waals surface area contributed by atoms with Crippen molar-refractivity contribution in [3.05, 3.63) is 46.5 Å². The average molecular weight is 331 g/mol. The summed E-state index contributed by atoms with van der Waals surface area (Å²) in [5.74, 6) is 2.30. The molecule has 3 rings (SSSR count). The molecule has 3 aromatic rings. The maximum atomic E-state index is 12.3. The number of carbonyl (C=O) groups excluding carboxylic acids is 1. The molecule has 6 nitrogen and oxygen atoms in total. The Labute approximate surface area is 137 Å². The van der Waals surface area contributed by atoms with Crippen molar-refractivity contribution >= 4 is 17.2 Å². The number of aryl methyl sites for hydroxylation is 2. The van der Waals surface area contributed by atoms with Crippen LogP contribution in [0.15, 0.2) is 32.5 Å². The van der Waals surface area contributed by atoms with Crippen LogP contribution in [-0.4, -0.2) is 28.0 Å². The van der Waals surface area contributed by atoms with E-state index in [2.05, 4.69) is 10.1 Å². The number of hydrogen-bond donors (Lipinski definition) is 0. The van der Waals surface area contributed by atoms with Gasteiger partial charge in [-0.2, -0.15) is 0 Å². The summed E-state index contributed by atoms with van der Waals surface area (Å²) in [6.07, 6.45) is 0.253. The Morgan fingerprint density at radius 1 is 1.26 bits per heavy atom. The molecule has 0 aliphatic heterocycles. The molecule has 0 aliphatic carbocycles.